The number of aryl methyl sites for hydroxylation is 1. The first kappa shape index (κ1) is 16.2. The Morgan fingerprint density at radius 1 is 1.37 bits per heavy atom. The lowest BCUT2D eigenvalue weighted by Gasteiger charge is -2.08. The molecule has 0 bridgehead atoms. The van der Waals surface area contributed by atoms with Crippen LogP contribution in [0.25, 0.3) is 0 Å². The molecular formula is C13H25N3O2S. The molecule has 0 aliphatic carbocycles. The van der Waals surface area contributed by atoms with E-state index in [-0.39, 0.29) is 11.5 Å². The Morgan fingerprint density at radius 3 is 2.63 bits per heavy atom. The van der Waals surface area contributed by atoms with Gasteiger partial charge in [0.2, 0.25) is 0 Å². The summed E-state index contributed by atoms with van der Waals surface area (Å²) in [6, 6.07) is 0.424. The van der Waals surface area contributed by atoms with E-state index < -0.39 is 9.84 Å². The first-order valence-electron chi connectivity index (χ1n) is 6.80. The van der Waals surface area contributed by atoms with Crippen LogP contribution < -0.4 is 5.32 Å². The average Bonchev–Trinajstić information content (AvgIpc) is 2.65. The lowest BCUT2D eigenvalue weighted by molar-refractivity contribution is 0.573. The first-order chi connectivity index (χ1) is 8.85. The molecule has 0 saturated heterocycles. The van der Waals surface area contributed by atoms with Crippen molar-refractivity contribution >= 4 is 9.84 Å². The van der Waals surface area contributed by atoms with Crippen LogP contribution in [-0.4, -0.2) is 35.7 Å². The summed E-state index contributed by atoms with van der Waals surface area (Å²) in [5.74, 6) is 0.426. The number of aromatic nitrogens is 2. The summed E-state index contributed by atoms with van der Waals surface area (Å²) in [6.45, 7) is 9.26. The van der Waals surface area contributed by atoms with Crippen LogP contribution in [0.15, 0.2) is 6.20 Å². The smallest absolute Gasteiger partial charge is 0.152 e. The maximum atomic E-state index is 11.7. The van der Waals surface area contributed by atoms with Crippen molar-refractivity contribution in [3.8, 4) is 0 Å². The topological polar surface area (TPSA) is 64.0 Å². The monoisotopic (exact) mass is 287 g/mol. The Bertz CT molecular complexity index is 492. The average molecular weight is 287 g/mol. The molecule has 1 N–H and O–H groups in total. The van der Waals surface area contributed by atoms with Crippen molar-refractivity contribution in [1.82, 2.24) is 15.1 Å². The molecule has 110 valence electrons. The number of rotatable bonds is 8. The molecule has 0 fully saturated rings. The number of hydrogen-bond acceptors (Lipinski definition) is 4. The molecule has 5 nitrogen and oxygen atoms in total. The normalized spacial score (nSPS) is 12.3. The van der Waals surface area contributed by atoms with Crippen molar-refractivity contribution in [3.63, 3.8) is 0 Å². The number of nitrogens with zero attached hydrogens (tertiary/aromatic N) is 2. The summed E-state index contributed by atoms with van der Waals surface area (Å²) in [5.41, 5.74) is 2.17. The zero-order chi connectivity index (χ0) is 14.5. The summed E-state index contributed by atoms with van der Waals surface area (Å²) in [6.07, 6.45) is 2.49. The summed E-state index contributed by atoms with van der Waals surface area (Å²) >= 11 is 0. The molecule has 1 rings (SSSR count). The Morgan fingerprint density at radius 2 is 2.05 bits per heavy atom. The van der Waals surface area contributed by atoms with Gasteiger partial charge in [-0.25, -0.2) is 8.42 Å². The molecule has 1 aromatic rings. The Hall–Kier alpha value is -0.880. The molecule has 0 amide bonds. The molecule has 0 unspecified atom stereocenters. The van der Waals surface area contributed by atoms with Gasteiger partial charge in [-0.05, 0) is 13.3 Å². The van der Waals surface area contributed by atoms with Crippen molar-refractivity contribution in [2.45, 2.75) is 53.2 Å². The molecule has 0 saturated carbocycles. The van der Waals surface area contributed by atoms with Gasteiger partial charge in [-0.2, -0.15) is 5.10 Å². The Balaban J connectivity index is 2.61. The fourth-order valence-corrected chi connectivity index (χ4v) is 3.11. The fraction of sp³-hybridized carbons (Fsp3) is 0.769. The van der Waals surface area contributed by atoms with Crippen LogP contribution >= 0.6 is 0 Å². The maximum absolute atomic E-state index is 11.7. The third kappa shape index (κ3) is 5.32. The van der Waals surface area contributed by atoms with Gasteiger partial charge in [0, 0.05) is 29.6 Å². The molecule has 1 heterocycles. The zero-order valence-electron chi connectivity index (χ0n) is 12.3. The minimum atomic E-state index is -2.94. The third-order valence-electron chi connectivity index (χ3n) is 3.03. The van der Waals surface area contributed by atoms with E-state index >= 15 is 0 Å². The minimum Gasteiger partial charge on any atom is -0.310 e. The number of sulfone groups is 1. The van der Waals surface area contributed by atoms with Gasteiger partial charge in [-0.1, -0.05) is 20.8 Å². The second kappa shape index (κ2) is 7.05. The van der Waals surface area contributed by atoms with Gasteiger partial charge in [0.05, 0.1) is 18.5 Å². The van der Waals surface area contributed by atoms with E-state index in [9.17, 15) is 8.42 Å². The summed E-state index contributed by atoms with van der Waals surface area (Å²) < 4.78 is 25.1. The van der Waals surface area contributed by atoms with Crippen molar-refractivity contribution < 1.29 is 8.42 Å². The molecule has 19 heavy (non-hydrogen) atoms. The van der Waals surface area contributed by atoms with Crippen LogP contribution in [0.1, 0.15) is 38.4 Å². The van der Waals surface area contributed by atoms with Crippen molar-refractivity contribution in [2.75, 3.05) is 11.5 Å². The van der Waals surface area contributed by atoms with Crippen LogP contribution in [0.3, 0.4) is 0 Å². The Labute approximate surface area is 116 Å². The quantitative estimate of drug-likeness (QED) is 0.787. The molecule has 0 aromatic carbocycles. The highest BCUT2D eigenvalue weighted by atomic mass is 32.2. The molecule has 0 spiro atoms. The van der Waals surface area contributed by atoms with Gasteiger partial charge in [0.1, 0.15) is 0 Å². The standard InChI is InChI=1S/C13H25N3O2S/c1-5-7-19(17,18)8-6-16-12(4)13(10-15-16)9-14-11(2)3/h10-11,14H,5-9H2,1-4H3. The SMILES string of the molecule is CCCS(=O)(=O)CCn1ncc(CNC(C)C)c1C. The van der Waals surface area contributed by atoms with Crippen LogP contribution in [0.5, 0.6) is 0 Å². The second-order valence-electron chi connectivity index (χ2n) is 5.17. The highest BCUT2D eigenvalue weighted by molar-refractivity contribution is 7.91. The molecule has 6 heteroatoms. The van der Waals surface area contributed by atoms with Crippen LogP contribution in [-0.2, 0) is 22.9 Å². The largest absolute Gasteiger partial charge is 0.310 e. The predicted molar refractivity (Wildman–Crippen MR) is 77.9 cm³/mol. The summed E-state index contributed by atoms with van der Waals surface area (Å²) in [7, 11) is -2.94. The van der Waals surface area contributed by atoms with E-state index in [2.05, 4.69) is 24.3 Å². The van der Waals surface area contributed by atoms with Crippen molar-refractivity contribution in [2.24, 2.45) is 0 Å². The molecule has 1 aromatic heterocycles. The summed E-state index contributed by atoms with van der Waals surface area (Å²) in [4.78, 5) is 0. The molecule has 0 atom stereocenters. The highest BCUT2D eigenvalue weighted by Crippen LogP contribution is 2.08. The molecule has 0 aliphatic heterocycles. The molecule has 0 radical (unpaired) electrons. The van der Waals surface area contributed by atoms with Crippen molar-refractivity contribution in [1.29, 1.82) is 0 Å². The number of nitrogens with one attached hydrogen (secondary N) is 1. The van der Waals surface area contributed by atoms with Gasteiger partial charge in [0.15, 0.2) is 9.84 Å². The predicted octanol–water partition coefficient (Wildman–Crippen LogP) is 1.51. The first-order valence-corrected chi connectivity index (χ1v) is 8.63. The molecular weight excluding hydrogens is 262 g/mol. The van der Waals surface area contributed by atoms with Gasteiger partial charge >= 0.3 is 0 Å². The van der Waals surface area contributed by atoms with Gasteiger partial charge in [0.25, 0.3) is 0 Å². The lowest BCUT2D eigenvalue weighted by atomic mass is 10.2. The minimum absolute atomic E-state index is 0.167. The van der Waals surface area contributed by atoms with E-state index in [0.29, 0.717) is 19.0 Å². The molecule has 0 aliphatic rings. The van der Waals surface area contributed by atoms with Crippen LogP contribution in [0.2, 0.25) is 0 Å². The summed E-state index contributed by atoms with van der Waals surface area (Å²) in [5, 5.41) is 7.61. The highest BCUT2D eigenvalue weighted by Gasteiger charge is 2.12. The third-order valence-corrected chi connectivity index (χ3v) is 4.87. The Kier molecular flexibility index (Phi) is 6.00. The fourth-order valence-electron chi connectivity index (χ4n) is 1.84. The van der Waals surface area contributed by atoms with Crippen molar-refractivity contribution in [3.05, 3.63) is 17.5 Å². The maximum Gasteiger partial charge on any atom is 0.152 e. The second-order valence-corrected chi connectivity index (χ2v) is 7.47. The van der Waals surface area contributed by atoms with Gasteiger partial charge < -0.3 is 5.32 Å². The van der Waals surface area contributed by atoms with Gasteiger partial charge in [-0.3, -0.25) is 4.68 Å². The van der Waals surface area contributed by atoms with Crippen LogP contribution in [0.4, 0.5) is 0 Å². The lowest BCUT2D eigenvalue weighted by Crippen LogP contribution is -2.22. The van der Waals surface area contributed by atoms with E-state index in [4.69, 9.17) is 0 Å². The zero-order valence-corrected chi connectivity index (χ0v) is 13.1. The van der Waals surface area contributed by atoms with E-state index in [1.165, 1.54) is 0 Å². The number of hydrogen-bond donors (Lipinski definition) is 1. The van der Waals surface area contributed by atoms with E-state index in [0.717, 1.165) is 17.8 Å². The van der Waals surface area contributed by atoms with E-state index in [1.807, 2.05) is 20.0 Å². The van der Waals surface area contributed by atoms with Crippen LogP contribution in [0, 0.1) is 6.92 Å². The van der Waals surface area contributed by atoms with E-state index in [1.54, 1.807) is 4.68 Å². The van der Waals surface area contributed by atoms with Gasteiger partial charge in [-0.15, -0.1) is 0 Å².